The quantitative estimate of drug-likeness (QED) is 0.824. The third kappa shape index (κ3) is 3.32. The van der Waals surface area contributed by atoms with Gasteiger partial charge in [0.1, 0.15) is 6.26 Å². The van der Waals surface area contributed by atoms with Crippen LogP contribution in [-0.4, -0.2) is 35.7 Å². The second kappa shape index (κ2) is 6.01. The van der Waals surface area contributed by atoms with E-state index in [0.29, 0.717) is 6.04 Å². The molecule has 1 aromatic heterocycles. The van der Waals surface area contributed by atoms with E-state index >= 15 is 0 Å². The molecule has 4 nitrogen and oxygen atoms in total. The highest BCUT2D eigenvalue weighted by molar-refractivity contribution is 4.99. The van der Waals surface area contributed by atoms with Gasteiger partial charge in [0.15, 0.2) is 0 Å². The van der Waals surface area contributed by atoms with Crippen molar-refractivity contribution in [1.29, 1.82) is 0 Å². The first-order valence-electron chi connectivity index (χ1n) is 6.19. The molecule has 0 amide bonds. The van der Waals surface area contributed by atoms with E-state index < -0.39 is 0 Å². The maximum atomic E-state index is 4.79. The maximum Gasteiger partial charge on any atom is 0.128 e. The summed E-state index contributed by atoms with van der Waals surface area (Å²) in [5.74, 6) is 0. The van der Waals surface area contributed by atoms with Crippen molar-refractivity contribution in [2.24, 2.45) is 0 Å². The van der Waals surface area contributed by atoms with Crippen LogP contribution < -0.4 is 5.32 Å². The van der Waals surface area contributed by atoms with E-state index in [2.05, 4.69) is 22.3 Å². The fourth-order valence-electron chi connectivity index (χ4n) is 2.23. The van der Waals surface area contributed by atoms with Gasteiger partial charge in [-0.05, 0) is 32.9 Å². The van der Waals surface area contributed by atoms with Crippen LogP contribution in [0.4, 0.5) is 0 Å². The van der Waals surface area contributed by atoms with E-state index in [9.17, 15) is 0 Å². The van der Waals surface area contributed by atoms with Crippen molar-refractivity contribution in [3.05, 3.63) is 18.0 Å². The van der Waals surface area contributed by atoms with E-state index in [4.69, 9.17) is 4.52 Å². The molecule has 1 aliphatic rings. The van der Waals surface area contributed by atoms with Crippen LogP contribution >= 0.6 is 0 Å². The number of nitrogens with zero attached hydrogens (tertiary/aromatic N) is 2. The van der Waals surface area contributed by atoms with Gasteiger partial charge in [-0.15, -0.1) is 0 Å². The molecule has 1 aliphatic heterocycles. The summed E-state index contributed by atoms with van der Waals surface area (Å²) >= 11 is 0. The molecule has 16 heavy (non-hydrogen) atoms. The fraction of sp³-hybridized carbons (Fsp3) is 0.750. The second-order valence-electron chi connectivity index (χ2n) is 4.61. The Morgan fingerprint density at radius 1 is 1.44 bits per heavy atom. The second-order valence-corrected chi connectivity index (χ2v) is 4.61. The van der Waals surface area contributed by atoms with Gasteiger partial charge in [-0.1, -0.05) is 11.6 Å². The molecule has 1 fully saturated rings. The van der Waals surface area contributed by atoms with Crippen molar-refractivity contribution in [2.45, 2.75) is 38.8 Å². The zero-order chi connectivity index (χ0) is 11.2. The van der Waals surface area contributed by atoms with Crippen molar-refractivity contribution in [3.63, 3.8) is 0 Å². The zero-order valence-corrected chi connectivity index (χ0v) is 9.98. The maximum absolute atomic E-state index is 4.79. The van der Waals surface area contributed by atoms with Gasteiger partial charge in [0.25, 0.3) is 0 Å². The lowest BCUT2D eigenvalue weighted by atomic mass is 10.1. The summed E-state index contributed by atoms with van der Waals surface area (Å²) in [4.78, 5) is 2.57. The van der Waals surface area contributed by atoms with Crippen LogP contribution in [0.3, 0.4) is 0 Å². The lowest BCUT2D eigenvalue weighted by Crippen LogP contribution is -2.42. The molecule has 0 bridgehead atoms. The van der Waals surface area contributed by atoms with Crippen molar-refractivity contribution >= 4 is 0 Å². The predicted octanol–water partition coefficient (Wildman–Crippen LogP) is 1.64. The third-order valence-electron chi connectivity index (χ3n) is 3.27. The molecule has 0 radical (unpaired) electrons. The van der Waals surface area contributed by atoms with Crippen LogP contribution in [0.2, 0.25) is 0 Å². The molecule has 0 aromatic carbocycles. The molecule has 1 saturated heterocycles. The van der Waals surface area contributed by atoms with E-state index in [0.717, 1.165) is 18.7 Å². The Morgan fingerprint density at radius 2 is 2.25 bits per heavy atom. The molecule has 0 spiro atoms. The van der Waals surface area contributed by atoms with Gasteiger partial charge in [-0.25, -0.2) is 0 Å². The molecular formula is C12H21N3O. The van der Waals surface area contributed by atoms with E-state index in [-0.39, 0.29) is 0 Å². The lowest BCUT2D eigenvalue weighted by molar-refractivity contribution is 0.170. The standard InChI is InChI=1S/C12H21N3O/c1-11(15-5-3-2-4-6-15)7-13-8-12-9-14-16-10-12/h9-11,13H,2-8H2,1H3. The monoisotopic (exact) mass is 223 g/mol. The first-order valence-corrected chi connectivity index (χ1v) is 6.19. The summed E-state index contributed by atoms with van der Waals surface area (Å²) in [5, 5.41) is 7.13. The number of likely N-dealkylation sites (tertiary alicyclic amines) is 1. The fourth-order valence-corrected chi connectivity index (χ4v) is 2.23. The largest absolute Gasteiger partial charge is 0.364 e. The van der Waals surface area contributed by atoms with Gasteiger partial charge < -0.3 is 9.84 Å². The first-order chi connectivity index (χ1) is 7.86. The Balaban J connectivity index is 1.65. The molecule has 2 heterocycles. The molecule has 1 unspecified atom stereocenters. The van der Waals surface area contributed by atoms with E-state index in [1.54, 1.807) is 12.5 Å². The zero-order valence-electron chi connectivity index (χ0n) is 9.98. The highest BCUT2D eigenvalue weighted by Gasteiger charge is 2.15. The number of hydrogen-bond acceptors (Lipinski definition) is 4. The normalized spacial score (nSPS) is 19.8. The molecular weight excluding hydrogens is 202 g/mol. The van der Waals surface area contributed by atoms with Crippen molar-refractivity contribution in [1.82, 2.24) is 15.4 Å². The number of nitrogens with one attached hydrogen (secondary N) is 1. The summed E-state index contributed by atoms with van der Waals surface area (Å²) in [6.07, 6.45) is 7.57. The van der Waals surface area contributed by atoms with Gasteiger partial charge in [0.05, 0.1) is 6.20 Å². The Kier molecular flexibility index (Phi) is 4.36. The molecule has 90 valence electrons. The number of hydrogen-bond donors (Lipinski definition) is 1. The molecule has 1 atom stereocenters. The lowest BCUT2D eigenvalue weighted by Gasteiger charge is -2.32. The summed E-state index contributed by atoms with van der Waals surface area (Å²) in [6.45, 7) is 6.70. The first kappa shape index (κ1) is 11.6. The van der Waals surface area contributed by atoms with Crippen LogP contribution in [0.15, 0.2) is 17.0 Å². The van der Waals surface area contributed by atoms with Gasteiger partial charge >= 0.3 is 0 Å². The Hall–Kier alpha value is -0.870. The van der Waals surface area contributed by atoms with Gasteiger partial charge in [-0.3, -0.25) is 4.90 Å². The van der Waals surface area contributed by atoms with Crippen LogP contribution in [-0.2, 0) is 6.54 Å². The van der Waals surface area contributed by atoms with Crippen LogP contribution in [0, 0.1) is 0 Å². The van der Waals surface area contributed by atoms with Crippen LogP contribution in [0.1, 0.15) is 31.7 Å². The SMILES string of the molecule is CC(CNCc1cnoc1)N1CCCCC1. The molecule has 0 saturated carbocycles. The summed E-state index contributed by atoms with van der Waals surface area (Å²) in [5.41, 5.74) is 1.12. The number of piperidine rings is 1. The van der Waals surface area contributed by atoms with Crippen LogP contribution in [0.25, 0.3) is 0 Å². The van der Waals surface area contributed by atoms with Gasteiger partial charge in [0, 0.05) is 24.7 Å². The Morgan fingerprint density at radius 3 is 2.94 bits per heavy atom. The molecule has 0 aliphatic carbocycles. The molecule has 1 aromatic rings. The topological polar surface area (TPSA) is 41.3 Å². The minimum Gasteiger partial charge on any atom is -0.364 e. The predicted molar refractivity (Wildman–Crippen MR) is 63.1 cm³/mol. The van der Waals surface area contributed by atoms with Gasteiger partial charge in [0.2, 0.25) is 0 Å². The molecule has 4 heteroatoms. The third-order valence-corrected chi connectivity index (χ3v) is 3.27. The smallest absolute Gasteiger partial charge is 0.128 e. The van der Waals surface area contributed by atoms with Crippen LogP contribution in [0.5, 0.6) is 0 Å². The minimum absolute atomic E-state index is 0.625. The molecule has 1 N–H and O–H groups in total. The van der Waals surface area contributed by atoms with Gasteiger partial charge in [-0.2, -0.15) is 0 Å². The Labute approximate surface area is 97.0 Å². The summed E-state index contributed by atoms with van der Waals surface area (Å²) in [6, 6.07) is 0.625. The Bertz CT molecular complexity index is 280. The average Bonchev–Trinajstić information content (AvgIpc) is 2.83. The summed E-state index contributed by atoms with van der Waals surface area (Å²) < 4.78 is 4.79. The number of rotatable bonds is 5. The van der Waals surface area contributed by atoms with Crippen molar-refractivity contribution in [2.75, 3.05) is 19.6 Å². The number of aromatic nitrogens is 1. The van der Waals surface area contributed by atoms with E-state index in [1.807, 2.05) is 0 Å². The van der Waals surface area contributed by atoms with E-state index in [1.165, 1.54) is 32.4 Å². The highest BCUT2D eigenvalue weighted by atomic mass is 16.5. The molecule has 2 rings (SSSR count). The average molecular weight is 223 g/mol. The minimum atomic E-state index is 0.625. The highest BCUT2D eigenvalue weighted by Crippen LogP contribution is 2.11. The summed E-state index contributed by atoms with van der Waals surface area (Å²) in [7, 11) is 0. The van der Waals surface area contributed by atoms with Crippen molar-refractivity contribution in [3.8, 4) is 0 Å². The van der Waals surface area contributed by atoms with Crippen molar-refractivity contribution < 1.29 is 4.52 Å².